The van der Waals surface area contributed by atoms with Crippen LogP contribution in [0.5, 0.6) is 5.75 Å². The molecule has 1 aromatic rings. The second-order valence-electron chi connectivity index (χ2n) is 5.19. The molecular weight excluding hydrogens is 240 g/mol. The van der Waals surface area contributed by atoms with Crippen molar-refractivity contribution in [1.29, 1.82) is 0 Å². The van der Waals surface area contributed by atoms with Crippen LogP contribution in [-0.2, 0) is 0 Å². The van der Waals surface area contributed by atoms with Gasteiger partial charge in [0.05, 0.1) is 11.3 Å². The first-order valence-corrected chi connectivity index (χ1v) is 7.06. The molecule has 102 valence electrons. The monoisotopic (exact) mass is 260 g/mol. The van der Waals surface area contributed by atoms with Gasteiger partial charge >= 0.3 is 0 Å². The molecule has 2 aliphatic heterocycles. The molecule has 3 rings (SSSR count). The quantitative estimate of drug-likeness (QED) is 0.829. The van der Waals surface area contributed by atoms with Gasteiger partial charge in [0.15, 0.2) is 12.4 Å². The van der Waals surface area contributed by atoms with E-state index in [4.69, 9.17) is 4.74 Å². The number of carbonyl (C=O) groups excluding carboxylic acids is 1. The van der Waals surface area contributed by atoms with Gasteiger partial charge in [-0.1, -0.05) is 13.0 Å². The summed E-state index contributed by atoms with van der Waals surface area (Å²) in [6.45, 7) is 7.78. The van der Waals surface area contributed by atoms with Crippen LogP contribution in [-0.4, -0.2) is 50.0 Å². The normalized spacial score (nSPS) is 19.4. The standard InChI is InChI=1S/C15H20N2O2/c1-2-6-16-7-9-17(10-8-16)13-5-3-4-12-14(18)11-19-15(12)13/h3-5H,2,6-11H2,1H3. The third-order valence-electron chi connectivity index (χ3n) is 3.90. The maximum absolute atomic E-state index is 11.7. The summed E-state index contributed by atoms with van der Waals surface area (Å²) in [5.41, 5.74) is 1.83. The zero-order valence-corrected chi connectivity index (χ0v) is 11.4. The van der Waals surface area contributed by atoms with Crippen molar-refractivity contribution in [3.63, 3.8) is 0 Å². The number of hydrogen-bond acceptors (Lipinski definition) is 4. The maximum Gasteiger partial charge on any atom is 0.204 e. The molecule has 0 radical (unpaired) electrons. The average Bonchev–Trinajstić information content (AvgIpc) is 2.82. The summed E-state index contributed by atoms with van der Waals surface area (Å²) < 4.78 is 5.56. The van der Waals surface area contributed by atoms with Crippen LogP contribution in [0.25, 0.3) is 0 Å². The molecular formula is C15H20N2O2. The van der Waals surface area contributed by atoms with Crippen LogP contribution in [0.3, 0.4) is 0 Å². The van der Waals surface area contributed by atoms with Crippen LogP contribution in [0.1, 0.15) is 23.7 Å². The van der Waals surface area contributed by atoms with Crippen molar-refractivity contribution >= 4 is 11.5 Å². The number of rotatable bonds is 3. The summed E-state index contributed by atoms with van der Waals surface area (Å²) in [7, 11) is 0. The third-order valence-corrected chi connectivity index (χ3v) is 3.90. The molecule has 0 atom stereocenters. The zero-order valence-electron chi connectivity index (χ0n) is 11.4. The van der Waals surface area contributed by atoms with E-state index in [1.165, 1.54) is 13.0 Å². The second-order valence-corrected chi connectivity index (χ2v) is 5.19. The molecule has 2 aliphatic rings. The molecule has 4 nitrogen and oxygen atoms in total. The fourth-order valence-corrected chi connectivity index (χ4v) is 2.89. The molecule has 0 amide bonds. The first-order chi connectivity index (χ1) is 9.29. The Bertz CT molecular complexity index is 479. The van der Waals surface area contributed by atoms with E-state index in [1.807, 2.05) is 12.1 Å². The van der Waals surface area contributed by atoms with E-state index in [9.17, 15) is 4.79 Å². The molecule has 0 aromatic heterocycles. The van der Waals surface area contributed by atoms with Gasteiger partial charge in [-0.2, -0.15) is 0 Å². The lowest BCUT2D eigenvalue weighted by Crippen LogP contribution is -2.46. The molecule has 0 saturated carbocycles. The van der Waals surface area contributed by atoms with Gasteiger partial charge in [0.1, 0.15) is 0 Å². The van der Waals surface area contributed by atoms with Crippen LogP contribution >= 0.6 is 0 Å². The van der Waals surface area contributed by atoms with Gasteiger partial charge in [-0.15, -0.1) is 0 Å². The van der Waals surface area contributed by atoms with E-state index in [-0.39, 0.29) is 12.4 Å². The van der Waals surface area contributed by atoms with Gasteiger partial charge in [-0.3, -0.25) is 9.69 Å². The first-order valence-electron chi connectivity index (χ1n) is 7.06. The van der Waals surface area contributed by atoms with Crippen LogP contribution in [0.15, 0.2) is 18.2 Å². The summed E-state index contributed by atoms with van der Waals surface area (Å²) in [6, 6.07) is 5.88. The van der Waals surface area contributed by atoms with Gasteiger partial charge < -0.3 is 9.64 Å². The Balaban J connectivity index is 1.76. The number of hydrogen-bond donors (Lipinski definition) is 0. The highest BCUT2D eigenvalue weighted by Gasteiger charge is 2.27. The first kappa shape index (κ1) is 12.5. The molecule has 4 heteroatoms. The number of para-hydroxylation sites is 1. The lowest BCUT2D eigenvalue weighted by Gasteiger charge is -2.36. The number of fused-ring (bicyclic) bond motifs is 1. The molecule has 0 spiro atoms. The molecule has 2 heterocycles. The van der Waals surface area contributed by atoms with Gasteiger partial charge in [0.2, 0.25) is 5.78 Å². The van der Waals surface area contributed by atoms with Crippen molar-refractivity contribution in [2.45, 2.75) is 13.3 Å². The molecule has 1 aromatic carbocycles. The Morgan fingerprint density at radius 3 is 2.74 bits per heavy atom. The summed E-state index contributed by atoms with van der Waals surface area (Å²) in [5.74, 6) is 0.887. The Morgan fingerprint density at radius 2 is 2.00 bits per heavy atom. The number of benzene rings is 1. The molecule has 0 aliphatic carbocycles. The molecule has 0 bridgehead atoms. The Hall–Kier alpha value is -1.55. The molecule has 19 heavy (non-hydrogen) atoms. The maximum atomic E-state index is 11.7. The fourth-order valence-electron chi connectivity index (χ4n) is 2.89. The fraction of sp³-hybridized carbons (Fsp3) is 0.533. The number of Topliss-reactive ketones (excluding diaryl/α,β-unsaturated/α-hetero) is 1. The Kier molecular flexibility index (Phi) is 3.42. The number of ether oxygens (including phenoxy) is 1. The number of carbonyl (C=O) groups is 1. The van der Waals surface area contributed by atoms with Crippen LogP contribution in [0.4, 0.5) is 5.69 Å². The second kappa shape index (κ2) is 5.21. The van der Waals surface area contributed by atoms with Crippen LogP contribution in [0.2, 0.25) is 0 Å². The van der Waals surface area contributed by atoms with E-state index in [2.05, 4.69) is 22.8 Å². The molecule has 0 unspecified atom stereocenters. The minimum atomic E-state index is 0.0986. The molecule has 1 saturated heterocycles. The van der Waals surface area contributed by atoms with E-state index in [0.717, 1.165) is 43.2 Å². The number of ketones is 1. The third kappa shape index (κ3) is 2.32. The summed E-state index contributed by atoms with van der Waals surface area (Å²) in [6.07, 6.45) is 1.21. The van der Waals surface area contributed by atoms with E-state index in [1.54, 1.807) is 0 Å². The van der Waals surface area contributed by atoms with Crippen molar-refractivity contribution in [3.05, 3.63) is 23.8 Å². The van der Waals surface area contributed by atoms with Crippen molar-refractivity contribution in [3.8, 4) is 5.75 Å². The van der Waals surface area contributed by atoms with Gasteiger partial charge in [-0.05, 0) is 25.1 Å². The number of nitrogens with zero attached hydrogens (tertiary/aromatic N) is 2. The SMILES string of the molecule is CCCN1CCN(c2cccc3c2OCC3=O)CC1. The average molecular weight is 260 g/mol. The number of anilines is 1. The van der Waals surface area contributed by atoms with E-state index in [0.29, 0.717) is 0 Å². The van der Waals surface area contributed by atoms with Gasteiger partial charge in [0, 0.05) is 26.2 Å². The Morgan fingerprint density at radius 1 is 1.21 bits per heavy atom. The minimum Gasteiger partial charge on any atom is -0.482 e. The van der Waals surface area contributed by atoms with E-state index < -0.39 is 0 Å². The largest absolute Gasteiger partial charge is 0.482 e. The highest BCUT2D eigenvalue weighted by Crippen LogP contribution is 2.36. The highest BCUT2D eigenvalue weighted by molar-refractivity contribution is 6.04. The highest BCUT2D eigenvalue weighted by atomic mass is 16.5. The van der Waals surface area contributed by atoms with Gasteiger partial charge in [0.25, 0.3) is 0 Å². The molecule has 1 fully saturated rings. The van der Waals surface area contributed by atoms with Gasteiger partial charge in [-0.25, -0.2) is 0 Å². The topological polar surface area (TPSA) is 32.8 Å². The predicted molar refractivity (Wildman–Crippen MR) is 75.2 cm³/mol. The smallest absolute Gasteiger partial charge is 0.204 e. The van der Waals surface area contributed by atoms with Crippen molar-refractivity contribution in [2.24, 2.45) is 0 Å². The van der Waals surface area contributed by atoms with Crippen LogP contribution < -0.4 is 9.64 Å². The zero-order chi connectivity index (χ0) is 13.2. The Labute approximate surface area is 113 Å². The lowest BCUT2D eigenvalue weighted by molar-refractivity contribution is 0.0961. The summed E-state index contributed by atoms with van der Waals surface area (Å²) in [4.78, 5) is 16.5. The summed E-state index contributed by atoms with van der Waals surface area (Å²) in [5, 5.41) is 0. The van der Waals surface area contributed by atoms with E-state index >= 15 is 0 Å². The van der Waals surface area contributed by atoms with Crippen molar-refractivity contribution in [1.82, 2.24) is 4.90 Å². The summed E-state index contributed by atoms with van der Waals surface area (Å²) >= 11 is 0. The lowest BCUT2D eigenvalue weighted by atomic mass is 10.1. The van der Waals surface area contributed by atoms with Crippen LogP contribution in [0, 0.1) is 0 Å². The van der Waals surface area contributed by atoms with Crippen molar-refractivity contribution < 1.29 is 9.53 Å². The minimum absolute atomic E-state index is 0.0986. The van der Waals surface area contributed by atoms with Crippen molar-refractivity contribution in [2.75, 3.05) is 44.2 Å². The predicted octanol–water partition coefficient (Wildman–Crippen LogP) is 1.79. The molecule has 0 N–H and O–H groups in total. The number of piperazine rings is 1.